The van der Waals surface area contributed by atoms with Crippen LogP contribution in [0.2, 0.25) is 0 Å². The second kappa shape index (κ2) is 7.85. The van der Waals surface area contributed by atoms with Crippen LogP contribution in [-0.4, -0.2) is 46.9 Å². The summed E-state index contributed by atoms with van der Waals surface area (Å²) in [4.78, 5) is 2.28. The molecular formula is C22H25BrN2O3S. The van der Waals surface area contributed by atoms with Crippen LogP contribution >= 0.6 is 11.8 Å². The number of rotatable bonds is 2. The molecule has 0 radical (unpaired) electrons. The fourth-order valence-electron chi connectivity index (χ4n) is 4.24. The number of benzene rings is 2. The lowest BCUT2D eigenvalue weighted by Gasteiger charge is -2.26. The van der Waals surface area contributed by atoms with Gasteiger partial charge < -0.3 is 31.6 Å². The fourth-order valence-corrected chi connectivity index (χ4v) is 5.41. The number of hydrogen-bond acceptors (Lipinski definition) is 5. The minimum absolute atomic E-state index is 0. The Morgan fingerprint density at radius 2 is 1.86 bits per heavy atom. The molecule has 7 heteroatoms. The van der Waals surface area contributed by atoms with Crippen molar-refractivity contribution in [3.63, 3.8) is 0 Å². The molecule has 3 aliphatic heterocycles. The number of hydrogen-bond donors (Lipinski definition) is 1. The van der Waals surface area contributed by atoms with Gasteiger partial charge in [-0.05, 0) is 67.4 Å². The number of β-amino-alcohol motifs (C(OH)–C–C–N with tert-alkyl or cyclic N) is 1. The van der Waals surface area contributed by atoms with E-state index in [-0.39, 0.29) is 17.0 Å². The second-order valence-corrected chi connectivity index (χ2v) is 8.75. The standard InChI is InChI=1S/C22H25N2O3S.BrH/c1-15-4-5-16(2)18(12-15)23-14-22(25,24-8-3-11-28-21(23)24)17-6-7-19-20(13-17)27-10-9-26-19;/h4-7,12-13,25H,3,8-11,14H2,1-2H3;1H/q+1;/p-1. The molecule has 0 bridgehead atoms. The van der Waals surface area contributed by atoms with Crippen molar-refractivity contribution in [2.75, 3.05) is 37.0 Å². The highest BCUT2D eigenvalue weighted by atomic mass is 79.9. The Kier molecular flexibility index (Phi) is 5.57. The van der Waals surface area contributed by atoms with Crippen LogP contribution < -0.4 is 31.4 Å². The first-order chi connectivity index (χ1) is 13.6. The molecule has 0 saturated heterocycles. The molecule has 29 heavy (non-hydrogen) atoms. The first-order valence-electron chi connectivity index (χ1n) is 9.81. The lowest BCUT2D eigenvalue weighted by Crippen LogP contribution is -3.00. The quantitative estimate of drug-likeness (QED) is 0.629. The van der Waals surface area contributed by atoms with Crippen molar-refractivity contribution in [3.05, 3.63) is 53.1 Å². The molecule has 3 aliphatic rings. The maximum atomic E-state index is 11.9. The lowest BCUT2D eigenvalue weighted by atomic mass is 10.0. The van der Waals surface area contributed by atoms with Crippen molar-refractivity contribution in [2.45, 2.75) is 26.0 Å². The van der Waals surface area contributed by atoms with E-state index < -0.39 is 5.72 Å². The van der Waals surface area contributed by atoms with E-state index in [4.69, 9.17) is 9.47 Å². The first-order valence-corrected chi connectivity index (χ1v) is 10.8. The van der Waals surface area contributed by atoms with Gasteiger partial charge in [0.2, 0.25) is 0 Å². The third kappa shape index (κ3) is 3.43. The largest absolute Gasteiger partial charge is 1.00 e. The number of thioether (sulfide) groups is 1. The Hall–Kier alpha value is -1.70. The van der Waals surface area contributed by atoms with Gasteiger partial charge in [-0.15, -0.1) is 0 Å². The number of ether oxygens (including phenoxy) is 2. The van der Waals surface area contributed by atoms with Crippen molar-refractivity contribution in [2.24, 2.45) is 0 Å². The van der Waals surface area contributed by atoms with Crippen LogP contribution in [0.15, 0.2) is 36.4 Å². The van der Waals surface area contributed by atoms with Gasteiger partial charge in [0.25, 0.3) is 5.72 Å². The summed E-state index contributed by atoms with van der Waals surface area (Å²) in [6.45, 7) is 6.70. The summed E-state index contributed by atoms with van der Waals surface area (Å²) in [6, 6.07) is 12.3. The Bertz CT molecular complexity index is 981. The Labute approximate surface area is 186 Å². The molecule has 0 aliphatic carbocycles. The summed E-state index contributed by atoms with van der Waals surface area (Å²) in [7, 11) is 0. The Balaban J connectivity index is 0.00000205. The van der Waals surface area contributed by atoms with Gasteiger partial charge in [-0.25, -0.2) is 9.48 Å². The van der Waals surface area contributed by atoms with Crippen LogP contribution in [-0.2, 0) is 5.72 Å². The van der Waals surface area contributed by atoms with E-state index in [0.717, 1.165) is 35.2 Å². The molecule has 2 aromatic rings. The van der Waals surface area contributed by atoms with Crippen molar-refractivity contribution >= 4 is 22.6 Å². The number of nitrogens with zero attached hydrogens (tertiary/aromatic N) is 2. The smallest absolute Gasteiger partial charge is 0.316 e. The van der Waals surface area contributed by atoms with Gasteiger partial charge in [-0.3, -0.25) is 0 Å². The monoisotopic (exact) mass is 476 g/mol. The van der Waals surface area contributed by atoms with Gasteiger partial charge in [-0.2, -0.15) is 0 Å². The normalized spacial score (nSPS) is 22.9. The minimum Gasteiger partial charge on any atom is -1.00 e. The maximum absolute atomic E-state index is 11.9. The zero-order chi connectivity index (χ0) is 19.3. The van der Waals surface area contributed by atoms with Gasteiger partial charge in [0.1, 0.15) is 18.9 Å². The van der Waals surface area contributed by atoms with Gasteiger partial charge in [0, 0.05) is 11.3 Å². The Morgan fingerprint density at radius 1 is 1.07 bits per heavy atom. The zero-order valence-electron chi connectivity index (χ0n) is 16.7. The molecule has 2 aromatic carbocycles. The molecule has 0 aromatic heterocycles. The number of anilines is 1. The highest BCUT2D eigenvalue weighted by Crippen LogP contribution is 2.41. The first kappa shape index (κ1) is 20.6. The average Bonchev–Trinajstić information content (AvgIpc) is 3.03. The summed E-state index contributed by atoms with van der Waals surface area (Å²) < 4.78 is 13.6. The summed E-state index contributed by atoms with van der Waals surface area (Å²) in [6.07, 6.45) is 1.06. The number of fused-ring (bicyclic) bond motifs is 1. The maximum Gasteiger partial charge on any atom is 0.316 e. The van der Waals surface area contributed by atoms with Crippen LogP contribution in [0, 0.1) is 13.8 Å². The number of halogens is 1. The van der Waals surface area contributed by atoms with Crippen molar-refractivity contribution < 1.29 is 36.1 Å². The van der Waals surface area contributed by atoms with Crippen molar-refractivity contribution in [1.82, 2.24) is 0 Å². The van der Waals surface area contributed by atoms with Crippen LogP contribution in [0.3, 0.4) is 0 Å². The van der Waals surface area contributed by atoms with Crippen LogP contribution in [0.4, 0.5) is 5.69 Å². The zero-order valence-corrected chi connectivity index (χ0v) is 19.1. The van der Waals surface area contributed by atoms with Crippen LogP contribution in [0.1, 0.15) is 23.1 Å². The van der Waals surface area contributed by atoms with Crippen LogP contribution in [0.5, 0.6) is 11.5 Å². The second-order valence-electron chi connectivity index (χ2n) is 7.69. The molecule has 0 spiro atoms. The molecule has 1 N–H and O–H groups in total. The topological polar surface area (TPSA) is 44.9 Å². The van der Waals surface area contributed by atoms with E-state index in [1.54, 1.807) is 0 Å². The molecule has 1 atom stereocenters. The van der Waals surface area contributed by atoms with Crippen LogP contribution in [0.25, 0.3) is 0 Å². The third-order valence-corrected chi connectivity index (χ3v) is 6.90. The minimum atomic E-state index is -1.09. The van der Waals surface area contributed by atoms with E-state index in [1.165, 1.54) is 16.8 Å². The molecule has 0 amide bonds. The Morgan fingerprint density at radius 3 is 2.69 bits per heavy atom. The van der Waals surface area contributed by atoms with E-state index in [0.29, 0.717) is 25.5 Å². The molecule has 5 nitrogen and oxygen atoms in total. The molecular weight excluding hydrogens is 452 g/mol. The summed E-state index contributed by atoms with van der Waals surface area (Å²) in [5.74, 6) is 2.54. The molecule has 5 rings (SSSR count). The summed E-state index contributed by atoms with van der Waals surface area (Å²) in [5, 5.41) is 13.0. The van der Waals surface area contributed by atoms with Gasteiger partial charge in [0.15, 0.2) is 18.0 Å². The molecule has 0 fully saturated rings. The van der Waals surface area contributed by atoms with Gasteiger partial charge in [0.05, 0.1) is 6.54 Å². The van der Waals surface area contributed by atoms with Crippen molar-refractivity contribution in [1.29, 1.82) is 0 Å². The predicted molar refractivity (Wildman–Crippen MR) is 112 cm³/mol. The molecule has 3 heterocycles. The predicted octanol–water partition coefficient (Wildman–Crippen LogP) is 0.249. The SMILES string of the molecule is Cc1ccc(C)c(N2CC(O)(c3ccc4c(c3)OCCO4)[N+]3=C2SCCC3)c1.[Br-]. The highest BCUT2D eigenvalue weighted by molar-refractivity contribution is 8.13. The molecule has 154 valence electrons. The fraction of sp³-hybridized carbons (Fsp3) is 0.409. The summed E-state index contributed by atoms with van der Waals surface area (Å²) >= 11 is 1.83. The average molecular weight is 477 g/mol. The van der Waals surface area contributed by atoms with Crippen molar-refractivity contribution in [3.8, 4) is 11.5 Å². The van der Waals surface area contributed by atoms with Gasteiger partial charge >= 0.3 is 5.17 Å². The highest BCUT2D eigenvalue weighted by Gasteiger charge is 2.53. The van der Waals surface area contributed by atoms with E-state index >= 15 is 0 Å². The number of amidine groups is 1. The number of aryl methyl sites for hydroxylation is 2. The van der Waals surface area contributed by atoms with E-state index in [1.807, 2.05) is 30.0 Å². The van der Waals surface area contributed by atoms with Gasteiger partial charge in [-0.1, -0.05) is 12.1 Å². The lowest BCUT2D eigenvalue weighted by molar-refractivity contribution is -0.656. The third-order valence-electron chi connectivity index (χ3n) is 5.70. The van der Waals surface area contributed by atoms with E-state index in [2.05, 4.69) is 41.5 Å². The molecule has 1 unspecified atom stereocenters. The number of aliphatic hydroxyl groups is 1. The molecule has 0 saturated carbocycles. The summed E-state index contributed by atoms with van der Waals surface area (Å²) in [5.41, 5.74) is 3.38. The van der Waals surface area contributed by atoms with E-state index in [9.17, 15) is 5.11 Å².